The van der Waals surface area contributed by atoms with Gasteiger partial charge in [0.15, 0.2) is 16.6 Å². The molecule has 0 spiro atoms. The summed E-state index contributed by atoms with van der Waals surface area (Å²) in [5, 5.41) is 2.65. The number of nitrogens with zero attached hydrogens (tertiary/aromatic N) is 1. The van der Waals surface area contributed by atoms with Gasteiger partial charge in [0, 0.05) is 4.47 Å². The molecule has 0 unspecified atom stereocenters. The predicted octanol–water partition coefficient (Wildman–Crippen LogP) is 5.86. The summed E-state index contributed by atoms with van der Waals surface area (Å²) in [6.07, 6.45) is 1.54. The molecule has 0 bridgehead atoms. The van der Waals surface area contributed by atoms with Gasteiger partial charge in [-0.15, -0.1) is 0 Å². The van der Waals surface area contributed by atoms with E-state index in [2.05, 4.69) is 43.8 Å². The van der Waals surface area contributed by atoms with Crippen LogP contribution in [0.1, 0.15) is 18.1 Å². The Kier molecular flexibility index (Phi) is 8.19. The molecule has 2 amide bonds. The Bertz CT molecular complexity index is 1310. The number of rotatable bonds is 7. The van der Waals surface area contributed by atoms with Gasteiger partial charge in [0.05, 0.1) is 15.9 Å². The van der Waals surface area contributed by atoms with E-state index in [1.165, 1.54) is 4.90 Å². The number of benzene rings is 3. The summed E-state index contributed by atoms with van der Waals surface area (Å²) >= 11 is 10.9. The Balaban J connectivity index is 1.65. The Morgan fingerprint density at radius 2 is 1.77 bits per heavy atom. The number of halogens is 2. The third-order valence-electron chi connectivity index (χ3n) is 5.06. The summed E-state index contributed by atoms with van der Waals surface area (Å²) in [7, 11) is 0. The van der Waals surface area contributed by atoms with Gasteiger partial charge in [-0.1, -0.05) is 46.3 Å². The molecule has 35 heavy (non-hydrogen) atoms. The van der Waals surface area contributed by atoms with Crippen molar-refractivity contribution in [1.29, 1.82) is 0 Å². The third-order valence-corrected chi connectivity index (χ3v) is 6.67. The maximum Gasteiger partial charge on any atom is 0.270 e. The lowest BCUT2D eigenvalue weighted by molar-refractivity contribution is -0.122. The smallest absolute Gasteiger partial charge is 0.270 e. The summed E-state index contributed by atoms with van der Waals surface area (Å²) < 4.78 is 13.7. The first-order valence-electron chi connectivity index (χ1n) is 10.7. The van der Waals surface area contributed by atoms with Crippen LogP contribution < -0.4 is 19.7 Å². The minimum Gasteiger partial charge on any atom is -0.490 e. The molecule has 9 heteroatoms. The second-order valence-corrected chi connectivity index (χ2v) is 9.94. The first-order valence-corrected chi connectivity index (χ1v) is 13.0. The topological polar surface area (TPSA) is 67.9 Å². The summed E-state index contributed by atoms with van der Waals surface area (Å²) in [5.41, 5.74) is 2.20. The van der Waals surface area contributed by atoms with Crippen LogP contribution in [0, 0.1) is 3.57 Å². The van der Waals surface area contributed by atoms with Crippen molar-refractivity contribution < 1.29 is 19.1 Å². The maximum atomic E-state index is 13.2. The molecular weight excluding hydrogens is 643 g/mol. The van der Waals surface area contributed by atoms with E-state index < -0.39 is 11.8 Å². The van der Waals surface area contributed by atoms with Gasteiger partial charge < -0.3 is 9.47 Å². The average Bonchev–Trinajstić information content (AvgIpc) is 2.83. The van der Waals surface area contributed by atoms with Crippen molar-refractivity contribution in [3.63, 3.8) is 0 Å². The van der Waals surface area contributed by atoms with Gasteiger partial charge in [-0.2, -0.15) is 0 Å². The lowest BCUT2D eigenvalue weighted by Gasteiger charge is -2.28. The summed E-state index contributed by atoms with van der Waals surface area (Å²) in [6.45, 7) is 2.68. The largest absolute Gasteiger partial charge is 0.490 e. The lowest BCUT2D eigenvalue weighted by atomic mass is 10.1. The number of ether oxygens (including phenoxy) is 2. The molecule has 6 nitrogen and oxygen atoms in total. The number of amides is 2. The molecule has 1 aliphatic rings. The van der Waals surface area contributed by atoms with Crippen LogP contribution in [0.4, 0.5) is 5.69 Å². The molecule has 1 aliphatic heterocycles. The highest BCUT2D eigenvalue weighted by molar-refractivity contribution is 14.1. The van der Waals surface area contributed by atoms with Crippen molar-refractivity contribution in [3.8, 4) is 11.5 Å². The Morgan fingerprint density at radius 3 is 2.46 bits per heavy atom. The van der Waals surface area contributed by atoms with E-state index in [0.29, 0.717) is 36.0 Å². The zero-order valence-corrected chi connectivity index (χ0v) is 23.1. The van der Waals surface area contributed by atoms with Crippen LogP contribution in [-0.2, 0) is 16.2 Å². The van der Waals surface area contributed by atoms with Crippen LogP contribution in [0.3, 0.4) is 0 Å². The van der Waals surface area contributed by atoms with Crippen LogP contribution in [-0.4, -0.2) is 23.5 Å². The van der Waals surface area contributed by atoms with Gasteiger partial charge in [0.1, 0.15) is 12.2 Å². The minimum absolute atomic E-state index is 0.0239. The molecule has 1 saturated heterocycles. The van der Waals surface area contributed by atoms with E-state index in [-0.39, 0.29) is 10.7 Å². The van der Waals surface area contributed by atoms with Crippen LogP contribution in [0.2, 0.25) is 0 Å². The fourth-order valence-electron chi connectivity index (χ4n) is 3.45. The molecule has 3 aromatic carbocycles. The van der Waals surface area contributed by atoms with Gasteiger partial charge in [0.25, 0.3) is 11.8 Å². The molecule has 4 rings (SSSR count). The van der Waals surface area contributed by atoms with Crippen LogP contribution in [0.25, 0.3) is 6.08 Å². The van der Waals surface area contributed by atoms with Crippen molar-refractivity contribution in [2.75, 3.05) is 11.5 Å². The van der Waals surface area contributed by atoms with Gasteiger partial charge in [-0.25, -0.2) is 0 Å². The van der Waals surface area contributed by atoms with Gasteiger partial charge in [-0.3, -0.25) is 19.8 Å². The SMILES string of the molecule is CCOc1cc(/C=C2/C(=O)NC(=S)N(c3ccccc3)C2=O)cc(I)c1OCc1ccc(Br)cc1. The second kappa shape index (κ2) is 11.3. The molecule has 0 aliphatic carbocycles. The molecule has 0 atom stereocenters. The quantitative estimate of drug-likeness (QED) is 0.149. The average molecular weight is 663 g/mol. The molecule has 1 heterocycles. The number of carbonyl (C=O) groups excluding carboxylic acids is 2. The predicted molar refractivity (Wildman–Crippen MR) is 151 cm³/mol. The van der Waals surface area contributed by atoms with Crippen LogP contribution in [0.15, 0.2) is 76.8 Å². The van der Waals surface area contributed by atoms with Crippen molar-refractivity contribution in [1.82, 2.24) is 5.32 Å². The van der Waals surface area contributed by atoms with E-state index in [4.69, 9.17) is 21.7 Å². The summed E-state index contributed by atoms with van der Waals surface area (Å²) in [5.74, 6) is 0.0932. The molecule has 1 fully saturated rings. The number of anilines is 1. The number of hydrogen-bond donors (Lipinski definition) is 1. The zero-order valence-electron chi connectivity index (χ0n) is 18.6. The fourth-order valence-corrected chi connectivity index (χ4v) is 4.77. The number of carbonyl (C=O) groups is 2. The zero-order chi connectivity index (χ0) is 24.9. The summed E-state index contributed by atoms with van der Waals surface area (Å²) in [4.78, 5) is 27.2. The molecule has 3 aromatic rings. The van der Waals surface area contributed by atoms with Gasteiger partial charge in [-0.05, 0) is 95.3 Å². The lowest BCUT2D eigenvalue weighted by Crippen LogP contribution is -2.54. The minimum atomic E-state index is -0.546. The molecule has 178 valence electrons. The van der Waals surface area contributed by atoms with E-state index in [1.54, 1.807) is 36.4 Å². The number of hydrogen-bond acceptors (Lipinski definition) is 5. The monoisotopic (exact) mass is 662 g/mol. The van der Waals surface area contributed by atoms with Crippen molar-refractivity contribution >= 4 is 79.4 Å². The Hall–Kier alpha value is -2.76. The highest BCUT2D eigenvalue weighted by Crippen LogP contribution is 2.36. The van der Waals surface area contributed by atoms with Crippen LogP contribution >= 0.6 is 50.7 Å². The number of para-hydroxylation sites is 1. The second-order valence-electron chi connectivity index (χ2n) is 7.47. The summed E-state index contributed by atoms with van der Waals surface area (Å²) in [6, 6.07) is 20.4. The molecule has 0 radical (unpaired) electrons. The van der Waals surface area contributed by atoms with E-state index in [0.717, 1.165) is 13.6 Å². The fraction of sp³-hybridized carbons (Fsp3) is 0.115. The first-order chi connectivity index (χ1) is 16.9. The van der Waals surface area contributed by atoms with Crippen molar-refractivity contribution in [2.45, 2.75) is 13.5 Å². The third kappa shape index (κ3) is 5.91. The highest BCUT2D eigenvalue weighted by Gasteiger charge is 2.34. The van der Waals surface area contributed by atoms with Crippen molar-refractivity contribution in [3.05, 3.63) is 91.5 Å². The molecule has 0 saturated carbocycles. The van der Waals surface area contributed by atoms with E-state index in [9.17, 15) is 9.59 Å². The molecule has 0 aromatic heterocycles. The maximum absolute atomic E-state index is 13.2. The van der Waals surface area contributed by atoms with Crippen LogP contribution in [0.5, 0.6) is 11.5 Å². The van der Waals surface area contributed by atoms with Gasteiger partial charge in [0.2, 0.25) is 0 Å². The van der Waals surface area contributed by atoms with Crippen molar-refractivity contribution in [2.24, 2.45) is 0 Å². The Labute approximate surface area is 230 Å². The number of nitrogens with one attached hydrogen (secondary N) is 1. The molecular formula is C26H20BrIN2O4S. The highest BCUT2D eigenvalue weighted by atomic mass is 127. The number of thiocarbonyl (C=S) groups is 1. The first kappa shape index (κ1) is 25.3. The normalized spacial score (nSPS) is 14.8. The van der Waals surface area contributed by atoms with Gasteiger partial charge >= 0.3 is 0 Å². The standard InChI is InChI=1S/C26H20BrIN2O4S/c1-2-33-22-14-17(13-21(28)23(22)34-15-16-8-10-18(27)11-9-16)12-20-24(31)29-26(35)30(25(20)32)19-6-4-3-5-7-19/h3-14H,2,15H2,1H3,(H,29,31,35)/b20-12-. The van der Waals surface area contributed by atoms with E-state index >= 15 is 0 Å². The van der Waals surface area contributed by atoms with E-state index in [1.807, 2.05) is 43.3 Å². The molecule has 1 N–H and O–H groups in total. The Morgan fingerprint density at radius 1 is 1.06 bits per heavy atom.